The smallest absolute Gasteiger partial charge is 0.357 e. The van der Waals surface area contributed by atoms with Crippen LogP contribution in [0.1, 0.15) is 23.8 Å². The van der Waals surface area contributed by atoms with Gasteiger partial charge in [-0.05, 0) is 19.1 Å². The molecule has 0 bridgehead atoms. The van der Waals surface area contributed by atoms with E-state index >= 15 is 0 Å². The highest BCUT2D eigenvalue weighted by Gasteiger charge is 2.36. The number of ether oxygens (including phenoxy) is 2. The summed E-state index contributed by atoms with van der Waals surface area (Å²) in [5.74, 6) is -0.938. The largest absolute Gasteiger partial charge is 0.495 e. The molecule has 1 atom stereocenters. The highest BCUT2D eigenvalue weighted by Crippen LogP contribution is 2.33. The molecule has 2 heterocycles. The van der Waals surface area contributed by atoms with E-state index in [2.05, 4.69) is 10.3 Å². The van der Waals surface area contributed by atoms with E-state index in [0.717, 1.165) is 11.3 Å². The van der Waals surface area contributed by atoms with Crippen LogP contribution in [0.5, 0.6) is 5.75 Å². The number of carbonyl (C=O) groups is 3. The summed E-state index contributed by atoms with van der Waals surface area (Å²) in [5, 5.41) is 4.49. The first-order valence-electron chi connectivity index (χ1n) is 8.40. The Bertz CT molecular complexity index is 866. The Morgan fingerprint density at radius 3 is 2.89 bits per heavy atom. The Kier molecular flexibility index (Phi) is 5.70. The molecule has 3 rings (SSSR count). The lowest BCUT2D eigenvalue weighted by Gasteiger charge is -2.19. The number of aromatic nitrogens is 1. The lowest BCUT2D eigenvalue weighted by atomic mass is 10.1. The van der Waals surface area contributed by atoms with E-state index in [1.807, 2.05) is 12.1 Å². The Morgan fingerprint density at radius 1 is 1.37 bits per heavy atom. The summed E-state index contributed by atoms with van der Waals surface area (Å²) >= 11 is 1.13. The Morgan fingerprint density at radius 2 is 2.15 bits per heavy atom. The summed E-state index contributed by atoms with van der Waals surface area (Å²) in [4.78, 5) is 42.2. The second kappa shape index (κ2) is 8.17. The molecule has 27 heavy (non-hydrogen) atoms. The van der Waals surface area contributed by atoms with Crippen LogP contribution in [0.2, 0.25) is 0 Å². The number of thiazole rings is 1. The van der Waals surface area contributed by atoms with Gasteiger partial charge < -0.3 is 19.7 Å². The molecular weight excluding hydrogens is 370 g/mol. The van der Waals surface area contributed by atoms with Crippen LogP contribution >= 0.6 is 11.3 Å². The molecular formula is C18H19N3O5S. The molecule has 0 saturated carbocycles. The van der Waals surface area contributed by atoms with Crippen molar-refractivity contribution in [2.45, 2.75) is 13.3 Å². The predicted molar refractivity (Wildman–Crippen MR) is 100 cm³/mol. The van der Waals surface area contributed by atoms with E-state index in [1.54, 1.807) is 24.0 Å². The van der Waals surface area contributed by atoms with Gasteiger partial charge in [0.05, 0.1) is 25.3 Å². The van der Waals surface area contributed by atoms with Crippen molar-refractivity contribution in [1.82, 2.24) is 4.98 Å². The number of anilines is 2. The normalized spacial score (nSPS) is 16.3. The van der Waals surface area contributed by atoms with Gasteiger partial charge >= 0.3 is 5.97 Å². The molecule has 2 aromatic rings. The molecule has 1 unspecified atom stereocenters. The van der Waals surface area contributed by atoms with Crippen molar-refractivity contribution < 1.29 is 23.9 Å². The summed E-state index contributed by atoms with van der Waals surface area (Å²) in [6.07, 6.45) is 0.0972. The molecule has 1 N–H and O–H groups in total. The third-order valence-corrected chi connectivity index (χ3v) is 4.85. The zero-order valence-electron chi connectivity index (χ0n) is 14.9. The van der Waals surface area contributed by atoms with Crippen molar-refractivity contribution in [1.29, 1.82) is 0 Å². The Hall–Kier alpha value is -2.94. The van der Waals surface area contributed by atoms with Crippen LogP contribution in [-0.2, 0) is 14.3 Å². The third-order valence-electron chi connectivity index (χ3n) is 4.09. The maximum atomic E-state index is 12.5. The lowest BCUT2D eigenvalue weighted by molar-refractivity contribution is -0.122. The Labute approximate surface area is 160 Å². The molecule has 8 nitrogen and oxygen atoms in total. The number of carbonyl (C=O) groups excluding carboxylic acids is 3. The van der Waals surface area contributed by atoms with Gasteiger partial charge in [-0.15, -0.1) is 11.3 Å². The first-order chi connectivity index (χ1) is 13.0. The van der Waals surface area contributed by atoms with Gasteiger partial charge in [0.1, 0.15) is 5.75 Å². The standard InChI is InChI=1S/C18H19N3O5S/c1-3-26-17(24)12-10-27-18(19-12)20-16(23)11-8-15(22)21(9-11)13-6-4-5-7-14(13)25-2/h4-7,10-11H,3,8-9H2,1-2H3,(H,19,20,23). The first kappa shape index (κ1) is 18.8. The first-order valence-corrected chi connectivity index (χ1v) is 9.28. The topological polar surface area (TPSA) is 97.8 Å². The summed E-state index contributed by atoms with van der Waals surface area (Å²) < 4.78 is 10.2. The molecule has 9 heteroatoms. The quantitative estimate of drug-likeness (QED) is 0.762. The number of hydrogen-bond donors (Lipinski definition) is 1. The van der Waals surface area contributed by atoms with Gasteiger partial charge in [0.25, 0.3) is 0 Å². The number of nitrogens with one attached hydrogen (secondary N) is 1. The zero-order chi connectivity index (χ0) is 19.4. The van der Waals surface area contributed by atoms with E-state index in [4.69, 9.17) is 9.47 Å². The van der Waals surface area contributed by atoms with Gasteiger partial charge in [-0.1, -0.05) is 12.1 Å². The average molecular weight is 389 g/mol. The van der Waals surface area contributed by atoms with Crippen molar-refractivity contribution in [2.75, 3.05) is 30.5 Å². The molecule has 1 aromatic carbocycles. The van der Waals surface area contributed by atoms with Crippen LogP contribution in [0.15, 0.2) is 29.6 Å². The van der Waals surface area contributed by atoms with Gasteiger partial charge in [-0.3, -0.25) is 9.59 Å². The van der Waals surface area contributed by atoms with Crippen LogP contribution in [0.4, 0.5) is 10.8 Å². The van der Waals surface area contributed by atoms with Crippen molar-refractivity contribution in [3.8, 4) is 5.75 Å². The zero-order valence-corrected chi connectivity index (χ0v) is 15.7. The SMILES string of the molecule is CCOC(=O)c1csc(NC(=O)C2CC(=O)N(c3ccccc3OC)C2)n1. The highest BCUT2D eigenvalue weighted by atomic mass is 32.1. The molecule has 1 aromatic heterocycles. The molecule has 0 radical (unpaired) electrons. The number of esters is 1. The molecule has 1 aliphatic rings. The van der Waals surface area contributed by atoms with Gasteiger partial charge in [-0.25, -0.2) is 9.78 Å². The van der Waals surface area contributed by atoms with Crippen LogP contribution in [0, 0.1) is 5.92 Å². The average Bonchev–Trinajstić information content (AvgIpc) is 3.28. The molecule has 0 spiro atoms. The van der Waals surface area contributed by atoms with Gasteiger partial charge in [0.15, 0.2) is 10.8 Å². The van der Waals surface area contributed by atoms with E-state index in [-0.39, 0.29) is 37.1 Å². The minimum Gasteiger partial charge on any atom is -0.495 e. The van der Waals surface area contributed by atoms with Crippen LogP contribution in [0.3, 0.4) is 0 Å². The number of benzene rings is 1. The molecule has 2 amide bonds. The number of methoxy groups -OCH3 is 1. The molecule has 1 saturated heterocycles. The number of nitrogens with zero attached hydrogens (tertiary/aromatic N) is 2. The number of para-hydroxylation sites is 2. The van der Waals surface area contributed by atoms with E-state index in [9.17, 15) is 14.4 Å². The summed E-state index contributed by atoms with van der Waals surface area (Å²) in [5.41, 5.74) is 0.787. The molecule has 1 aliphatic heterocycles. The monoisotopic (exact) mass is 389 g/mol. The fourth-order valence-corrected chi connectivity index (χ4v) is 3.49. The Balaban J connectivity index is 1.67. The van der Waals surface area contributed by atoms with Crippen LogP contribution in [-0.4, -0.2) is 43.0 Å². The van der Waals surface area contributed by atoms with Crippen molar-refractivity contribution in [3.05, 3.63) is 35.3 Å². The molecule has 1 fully saturated rings. The maximum Gasteiger partial charge on any atom is 0.357 e. The fourth-order valence-electron chi connectivity index (χ4n) is 2.81. The summed E-state index contributed by atoms with van der Waals surface area (Å²) in [6, 6.07) is 7.17. The number of rotatable bonds is 6. The highest BCUT2D eigenvalue weighted by molar-refractivity contribution is 7.14. The van der Waals surface area contributed by atoms with E-state index < -0.39 is 11.9 Å². The number of amides is 2. The fraction of sp³-hybridized carbons (Fsp3) is 0.333. The molecule has 142 valence electrons. The summed E-state index contributed by atoms with van der Waals surface area (Å²) in [7, 11) is 1.53. The van der Waals surface area contributed by atoms with Crippen molar-refractivity contribution in [3.63, 3.8) is 0 Å². The van der Waals surface area contributed by atoms with Crippen molar-refractivity contribution >= 4 is 39.9 Å². The van der Waals surface area contributed by atoms with E-state index in [0.29, 0.717) is 16.6 Å². The van der Waals surface area contributed by atoms with Gasteiger partial charge in [0, 0.05) is 18.3 Å². The summed E-state index contributed by atoms with van der Waals surface area (Å²) in [6.45, 7) is 2.21. The number of hydrogen-bond acceptors (Lipinski definition) is 7. The molecule has 0 aliphatic carbocycles. The van der Waals surface area contributed by atoms with Crippen LogP contribution in [0.25, 0.3) is 0 Å². The van der Waals surface area contributed by atoms with Gasteiger partial charge in [0.2, 0.25) is 11.8 Å². The predicted octanol–water partition coefficient (Wildman–Crippen LogP) is 2.32. The second-order valence-corrected chi connectivity index (χ2v) is 6.68. The lowest BCUT2D eigenvalue weighted by Crippen LogP contribution is -2.28. The minimum absolute atomic E-state index is 0.0972. The maximum absolute atomic E-state index is 12.5. The van der Waals surface area contributed by atoms with Crippen LogP contribution < -0.4 is 15.0 Å². The van der Waals surface area contributed by atoms with Crippen molar-refractivity contribution in [2.24, 2.45) is 5.92 Å². The second-order valence-electron chi connectivity index (χ2n) is 5.82. The third kappa shape index (κ3) is 4.08. The van der Waals surface area contributed by atoms with Gasteiger partial charge in [-0.2, -0.15) is 0 Å². The minimum atomic E-state index is -0.535. The van der Waals surface area contributed by atoms with E-state index in [1.165, 1.54) is 12.5 Å².